The van der Waals surface area contributed by atoms with Crippen molar-refractivity contribution in [2.45, 2.75) is 19.4 Å². The Hall–Kier alpha value is -1.75. The number of hydrogen-bond donors (Lipinski definition) is 3. The van der Waals surface area contributed by atoms with E-state index in [1.54, 1.807) is 26.0 Å². The van der Waals surface area contributed by atoms with Gasteiger partial charge in [0.15, 0.2) is 5.75 Å². The molecule has 0 saturated carbocycles. The van der Waals surface area contributed by atoms with Gasteiger partial charge in [0, 0.05) is 6.54 Å². The maximum atomic E-state index is 12.2. The topological polar surface area (TPSA) is 70.6 Å². The van der Waals surface area contributed by atoms with E-state index in [4.69, 9.17) is 9.84 Å². The van der Waals surface area contributed by atoms with Crippen LogP contribution in [-0.4, -0.2) is 36.3 Å². The Morgan fingerprint density at radius 1 is 1.56 bits per heavy atom. The van der Waals surface area contributed by atoms with Crippen molar-refractivity contribution in [3.63, 3.8) is 0 Å². The van der Waals surface area contributed by atoms with Crippen LogP contribution in [0.4, 0.5) is 5.69 Å². The van der Waals surface area contributed by atoms with Crippen molar-refractivity contribution in [3.05, 3.63) is 23.8 Å². The van der Waals surface area contributed by atoms with Crippen molar-refractivity contribution in [3.8, 4) is 5.75 Å². The fourth-order valence-electron chi connectivity index (χ4n) is 1.76. The largest absolute Gasteiger partial charge is 0.489 e. The Labute approximate surface area is 106 Å². The SMILES string of the molecule is CC(C)(CO)NC(=O)c1cccc2c1OCCN2. The van der Waals surface area contributed by atoms with Gasteiger partial charge in [-0.2, -0.15) is 0 Å². The standard InChI is InChI=1S/C13H18N2O3/c1-13(2,8-16)15-12(17)9-4-3-5-10-11(9)18-7-6-14-10/h3-5,14,16H,6-8H2,1-2H3,(H,15,17). The highest BCUT2D eigenvalue weighted by molar-refractivity contribution is 5.99. The molecule has 0 saturated heterocycles. The number of hydrogen-bond acceptors (Lipinski definition) is 4. The van der Waals surface area contributed by atoms with Gasteiger partial charge in [-0.15, -0.1) is 0 Å². The maximum absolute atomic E-state index is 12.2. The Kier molecular flexibility index (Phi) is 3.43. The lowest BCUT2D eigenvalue weighted by atomic mass is 10.1. The summed E-state index contributed by atoms with van der Waals surface area (Å²) in [5.74, 6) is 0.338. The second-order valence-corrected chi connectivity index (χ2v) is 4.95. The zero-order chi connectivity index (χ0) is 13.2. The first-order valence-corrected chi connectivity index (χ1v) is 5.96. The Morgan fingerprint density at radius 3 is 3.06 bits per heavy atom. The van der Waals surface area contributed by atoms with Crippen molar-refractivity contribution in [2.24, 2.45) is 0 Å². The lowest BCUT2D eigenvalue weighted by molar-refractivity contribution is 0.0865. The summed E-state index contributed by atoms with van der Waals surface area (Å²) in [6, 6.07) is 5.40. The van der Waals surface area contributed by atoms with Crippen LogP contribution in [0.15, 0.2) is 18.2 Å². The third kappa shape index (κ3) is 2.56. The quantitative estimate of drug-likeness (QED) is 0.748. The van der Waals surface area contributed by atoms with Gasteiger partial charge in [-0.05, 0) is 26.0 Å². The minimum Gasteiger partial charge on any atom is -0.489 e. The molecule has 0 radical (unpaired) electrons. The maximum Gasteiger partial charge on any atom is 0.255 e. The zero-order valence-corrected chi connectivity index (χ0v) is 10.6. The van der Waals surface area contributed by atoms with E-state index in [0.29, 0.717) is 17.9 Å². The first kappa shape index (κ1) is 12.7. The van der Waals surface area contributed by atoms with E-state index in [9.17, 15) is 4.79 Å². The summed E-state index contributed by atoms with van der Waals surface area (Å²) in [4.78, 5) is 12.2. The molecule has 0 bridgehead atoms. The van der Waals surface area contributed by atoms with Crippen LogP contribution in [0.25, 0.3) is 0 Å². The summed E-state index contributed by atoms with van der Waals surface area (Å²) < 4.78 is 5.54. The summed E-state index contributed by atoms with van der Waals surface area (Å²) in [5, 5.41) is 15.1. The van der Waals surface area contributed by atoms with Crippen molar-refractivity contribution < 1.29 is 14.6 Å². The smallest absolute Gasteiger partial charge is 0.255 e. The number of carbonyl (C=O) groups is 1. The highest BCUT2D eigenvalue weighted by Crippen LogP contribution is 2.31. The number of amides is 1. The number of aliphatic hydroxyl groups excluding tert-OH is 1. The average molecular weight is 250 g/mol. The number of para-hydroxylation sites is 1. The van der Waals surface area contributed by atoms with Gasteiger partial charge in [-0.3, -0.25) is 4.79 Å². The molecule has 1 aliphatic rings. The molecule has 5 nitrogen and oxygen atoms in total. The van der Waals surface area contributed by atoms with Gasteiger partial charge in [0.2, 0.25) is 0 Å². The van der Waals surface area contributed by atoms with Crippen LogP contribution in [0.1, 0.15) is 24.2 Å². The average Bonchev–Trinajstić information content (AvgIpc) is 2.37. The van der Waals surface area contributed by atoms with Gasteiger partial charge in [0.25, 0.3) is 5.91 Å². The van der Waals surface area contributed by atoms with E-state index >= 15 is 0 Å². The lowest BCUT2D eigenvalue weighted by Gasteiger charge is -2.26. The molecular formula is C13H18N2O3. The predicted molar refractivity (Wildman–Crippen MR) is 69.1 cm³/mol. The number of ether oxygens (including phenoxy) is 1. The third-order valence-corrected chi connectivity index (χ3v) is 2.77. The van der Waals surface area contributed by atoms with E-state index < -0.39 is 5.54 Å². The van der Waals surface area contributed by atoms with Crippen molar-refractivity contribution >= 4 is 11.6 Å². The predicted octanol–water partition coefficient (Wildman–Crippen LogP) is 0.992. The first-order valence-electron chi connectivity index (χ1n) is 5.96. The molecule has 1 amide bonds. The van der Waals surface area contributed by atoms with Crippen molar-refractivity contribution in [1.29, 1.82) is 0 Å². The molecule has 18 heavy (non-hydrogen) atoms. The van der Waals surface area contributed by atoms with Crippen LogP contribution >= 0.6 is 0 Å². The molecule has 1 aliphatic heterocycles. The van der Waals surface area contributed by atoms with Crippen molar-refractivity contribution in [2.75, 3.05) is 25.1 Å². The summed E-state index contributed by atoms with van der Waals surface area (Å²) in [6.07, 6.45) is 0. The van der Waals surface area contributed by atoms with Crippen LogP contribution in [0, 0.1) is 0 Å². The number of fused-ring (bicyclic) bond motifs is 1. The second-order valence-electron chi connectivity index (χ2n) is 4.95. The van der Waals surface area contributed by atoms with E-state index in [1.807, 2.05) is 6.07 Å². The summed E-state index contributed by atoms with van der Waals surface area (Å²) in [5.41, 5.74) is 0.666. The van der Waals surface area contributed by atoms with Crippen LogP contribution in [-0.2, 0) is 0 Å². The molecule has 0 fully saturated rings. The second kappa shape index (κ2) is 4.86. The number of nitrogens with one attached hydrogen (secondary N) is 2. The van der Waals surface area contributed by atoms with E-state index in [1.165, 1.54) is 0 Å². The summed E-state index contributed by atoms with van der Waals surface area (Å²) >= 11 is 0. The number of aliphatic hydroxyl groups is 1. The number of anilines is 1. The number of rotatable bonds is 3. The van der Waals surface area contributed by atoms with Crippen LogP contribution in [0.5, 0.6) is 5.75 Å². The molecule has 2 rings (SSSR count). The number of carbonyl (C=O) groups excluding carboxylic acids is 1. The van der Waals surface area contributed by atoms with Crippen LogP contribution in [0.2, 0.25) is 0 Å². The van der Waals surface area contributed by atoms with Gasteiger partial charge < -0.3 is 20.5 Å². The van der Waals surface area contributed by atoms with Gasteiger partial charge in [-0.25, -0.2) is 0 Å². The molecule has 98 valence electrons. The van der Waals surface area contributed by atoms with Gasteiger partial charge in [-0.1, -0.05) is 6.07 Å². The molecule has 3 N–H and O–H groups in total. The normalized spacial score (nSPS) is 14.2. The molecule has 5 heteroatoms. The summed E-state index contributed by atoms with van der Waals surface area (Å²) in [6.45, 7) is 4.69. The fourth-order valence-corrected chi connectivity index (χ4v) is 1.76. The fraction of sp³-hybridized carbons (Fsp3) is 0.462. The highest BCUT2D eigenvalue weighted by atomic mass is 16.5. The zero-order valence-electron chi connectivity index (χ0n) is 10.6. The molecule has 1 aromatic rings. The van der Waals surface area contributed by atoms with E-state index in [0.717, 1.165) is 12.2 Å². The lowest BCUT2D eigenvalue weighted by Crippen LogP contribution is -2.46. The first-order chi connectivity index (χ1) is 8.53. The molecule has 0 spiro atoms. The molecule has 0 unspecified atom stereocenters. The molecule has 1 heterocycles. The van der Waals surface area contributed by atoms with Gasteiger partial charge in [0.05, 0.1) is 23.4 Å². The summed E-state index contributed by atoms with van der Waals surface area (Å²) in [7, 11) is 0. The molecule has 0 aliphatic carbocycles. The minimum atomic E-state index is -0.651. The van der Waals surface area contributed by atoms with Gasteiger partial charge >= 0.3 is 0 Å². The molecule has 1 aromatic carbocycles. The third-order valence-electron chi connectivity index (χ3n) is 2.77. The monoisotopic (exact) mass is 250 g/mol. The Balaban J connectivity index is 2.26. The Bertz CT molecular complexity index is 458. The number of benzene rings is 1. The van der Waals surface area contributed by atoms with E-state index in [2.05, 4.69) is 10.6 Å². The minimum absolute atomic E-state index is 0.118. The van der Waals surface area contributed by atoms with Crippen LogP contribution in [0.3, 0.4) is 0 Å². The Morgan fingerprint density at radius 2 is 2.33 bits per heavy atom. The molecular weight excluding hydrogens is 232 g/mol. The van der Waals surface area contributed by atoms with Crippen LogP contribution < -0.4 is 15.4 Å². The van der Waals surface area contributed by atoms with Crippen molar-refractivity contribution in [1.82, 2.24) is 5.32 Å². The highest BCUT2D eigenvalue weighted by Gasteiger charge is 2.24. The van der Waals surface area contributed by atoms with E-state index in [-0.39, 0.29) is 12.5 Å². The molecule has 0 atom stereocenters. The van der Waals surface area contributed by atoms with Gasteiger partial charge in [0.1, 0.15) is 6.61 Å². The molecule has 0 aromatic heterocycles.